The average Bonchev–Trinajstić information content (AvgIpc) is 3.01. The molecule has 0 bridgehead atoms. The summed E-state index contributed by atoms with van der Waals surface area (Å²) in [5.41, 5.74) is 2.04. The molecule has 1 aromatic carbocycles. The zero-order valence-electron chi connectivity index (χ0n) is 15.8. The molecule has 1 aliphatic carbocycles. The van der Waals surface area contributed by atoms with Crippen LogP contribution in [-0.4, -0.2) is 15.7 Å². The molecular formula is C21H20N4O2S. The number of aromatic nitrogens is 2. The number of amides is 1. The number of thiophene rings is 1. The summed E-state index contributed by atoms with van der Waals surface area (Å²) in [5.74, 6) is 0.363. The third-order valence-corrected chi connectivity index (χ3v) is 6.41. The molecule has 1 N–H and O–H groups in total. The summed E-state index contributed by atoms with van der Waals surface area (Å²) in [5, 5.41) is 18.6. The molecule has 6 nitrogen and oxygen atoms in total. The van der Waals surface area contributed by atoms with Crippen LogP contribution in [0.5, 0.6) is 0 Å². The molecular weight excluding hydrogens is 372 g/mol. The van der Waals surface area contributed by atoms with Crippen molar-refractivity contribution in [2.45, 2.75) is 32.6 Å². The molecule has 2 heterocycles. The second kappa shape index (κ2) is 7.21. The van der Waals surface area contributed by atoms with Crippen molar-refractivity contribution in [2.75, 3.05) is 5.32 Å². The second-order valence-corrected chi connectivity index (χ2v) is 8.42. The summed E-state index contributed by atoms with van der Waals surface area (Å²) < 4.78 is 1.26. The van der Waals surface area contributed by atoms with Crippen LogP contribution in [0.1, 0.15) is 35.0 Å². The van der Waals surface area contributed by atoms with Crippen LogP contribution in [0.15, 0.2) is 29.1 Å². The van der Waals surface area contributed by atoms with Gasteiger partial charge in [0.1, 0.15) is 11.1 Å². The number of nitrogens with zero attached hydrogens (tertiary/aromatic N) is 3. The van der Waals surface area contributed by atoms with Crippen molar-refractivity contribution < 1.29 is 4.79 Å². The van der Waals surface area contributed by atoms with E-state index in [0.29, 0.717) is 32.9 Å². The minimum Gasteiger partial charge on any atom is -0.316 e. The van der Waals surface area contributed by atoms with Crippen LogP contribution < -0.4 is 10.9 Å². The van der Waals surface area contributed by atoms with Crippen LogP contribution in [0.25, 0.3) is 10.8 Å². The monoisotopic (exact) mass is 392 g/mol. The highest BCUT2D eigenvalue weighted by molar-refractivity contribution is 7.16. The van der Waals surface area contributed by atoms with Gasteiger partial charge in [0.2, 0.25) is 5.91 Å². The number of fused-ring (bicyclic) bond motifs is 2. The van der Waals surface area contributed by atoms with Gasteiger partial charge < -0.3 is 5.32 Å². The minimum absolute atomic E-state index is 0.0402. The summed E-state index contributed by atoms with van der Waals surface area (Å²) in [6, 6.07) is 9.43. The molecule has 1 aliphatic rings. The highest BCUT2D eigenvalue weighted by Gasteiger charge is 2.25. The summed E-state index contributed by atoms with van der Waals surface area (Å²) >= 11 is 1.51. The third kappa shape index (κ3) is 3.20. The first-order valence-electron chi connectivity index (χ1n) is 9.27. The Labute approximate surface area is 166 Å². The molecule has 2 aromatic heterocycles. The predicted molar refractivity (Wildman–Crippen MR) is 110 cm³/mol. The van der Waals surface area contributed by atoms with Gasteiger partial charge in [-0.1, -0.05) is 25.1 Å². The molecule has 0 saturated heterocycles. The van der Waals surface area contributed by atoms with Gasteiger partial charge in [-0.25, -0.2) is 4.68 Å². The van der Waals surface area contributed by atoms with Crippen molar-refractivity contribution in [1.82, 2.24) is 9.78 Å². The number of anilines is 1. The Kier molecular flexibility index (Phi) is 4.73. The van der Waals surface area contributed by atoms with Crippen molar-refractivity contribution in [1.29, 1.82) is 5.26 Å². The lowest BCUT2D eigenvalue weighted by atomic mass is 9.88. The van der Waals surface area contributed by atoms with E-state index < -0.39 is 0 Å². The van der Waals surface area contributed by atoms with Crippen LogP contribution in [-0.2, 0) is 31.1 Å². The molecule has 0 spiro atoms. The number of nitriles is 1. The summed E-state index contributed by atoms with van der Waals surface area (Å²) in [7, 11) is 1.58. The van der Waals surface area contributed by atoms with Gasteiger partial charge in [-0.15, -0.1) is 11.3 Å². The van der Waals surface area contributed by atoms with Gasteiger partial charge in [-0.3, -0.25) is 9.59 Å². The summed E-state index contributed by atoms with van der Waals surface area (Å²) in [4.78, 5) is 26.2. The van der Waals surface area contributed by atoms with Crippen molar-refractivity contribution >= 4 is 33.0 Å². The van der Waals surface area contributed by atoms with Crippen molar-refractivity contribution in [3.05, 3.63) is 56.3 Å². The van der Waals surface area contributed by atoms with Crippen molar-refractivity contribution in [3.63, 3.8) is 0 Å². The molecule has 142 valence electrons. The van der Waals surface area contributed by atoms with Crippen molar-refractivity contribution in [3.8, 4) is 6.07 Å². The first kappa shape index (κ1) is 18.4. The lowest BCUT2D eigenvalue weighted by Gasteiger charge is -2.17. The zero-order valence-corrected chi connectivity index (χ0v) is 16.6. The molecule has 3 aromatic rings. The van der Waals surface area contributed by atoms with Gasteiger partial charge in [0.15, 0.2) is 0 Å². The maximum Gasteiger partial charge on any atom is 0.274 e. The molecule has 1 amide bonds. The molecule has 7 heteroatoms. The van der Waals surface area contributed by atoms with Gasteiger partial charge >= 0.3 is 0 Å². The Morgan fingerprint density at radius 1 is 1.39 bits per heavy atom. The Morgan fingerprint density at radius 3 is 2.89 bits per heavy atom. The lowest BCUT2D eigenvalue weighted by molar-refractivity contribution is -0.115. The van der Waals surface area contributed by atoms with E-state index in [2.05, 4.69) is 23.4 Å². The summed E-state index contributed by atoms with van der Waals surface area (Å²) in [6.07, 6.45) is 2.95. The number of benzene rings is 1. The van der Waals surface area contributed by atoms with Crippen LogP contribution in [0, 0.1) is 17.2 Å². The van der Waals surface area contributed by atoms with E-state index in [-0.39, 0.29) is 17.9 Å². The van der Waals surface area contributed by atoms with E-state index in [4.69, 9.17) is 0 Å². The van der Waals surface area contributed by atoms with Gasteiger partial charge in [0.05, 0.1) is 23.1 Å². The van der Waals surface area contributed by atoms with Crippen LogP contribution in [0.4, 0.5) is 5.00 Å². The average molecular weight is 392 g/mol. The maximum absolute atomic E-state index is 12.7. The molecule has 28 heavy (non-hydrogen) atoms. The highest BCUT2D eigenvalue weighted by Crippen LogP contribution is 2.39. The van der Waals surface area contributed by atoms with Crippen LogP contribution >= 0.6 is 11.3 Å². The van der Waals surface area contributed by atoms with E-state index >= 15 is 0 Å². The molecule has 0 saturated carbocycles. The Morgan fingerprint density at radius 2 is 2.14 bits per heavy atom. The normalized spacial score (nSPS) is 15.8. The lowest BCUT2D eigenvalue weighted by Crippen LogP contribution is -2.24. The number of hydrogen-bond donors (Lipinski definition) is 1. The van der Waals surface area contributed by atoms with E-state index in [1.165, 1.54) is 20.9 Å². The van der Waals surface area contributed by atoms with Crippen LogP contribution in [0.3, 0.4) is 0 Å². The first-order valence-corrected chi connectivity index (χ1v) is 10.1. The van der Waals surface area contributed by atoms with Crippen molar-refractivity contribution in [2.24, 2.45) is 13.0 Å². The number of nitrogens with one attached hydrogen (secondary N) is 1. The fourth-order valence-corrected chi connectivity index (χ4v) is 5.16. The molecule has 1 unspecified atom stereocenters. The third-order valence-electron chi connectivity index (χ3n) is 5.24. The quantitative estimate of drug-likeness (QED) is 0.742. The van der Waals surface area contributed by atoms with Gasteiger partial charge in [-0.2, -0.15) is 10.4 Å². The second-order valence-electron chi connectivity index (χ2n) is 7.31. The number of carbonyl (C=O) groups excluding carboxylic acids is 1. The molecule has 1 atom stereocenters. The van der Waals surface area contributed by atoms with E-state index in [9.17, 15) is 14.9 Å². The Bertz CT molecular complexity index is 1190. The minimum atomic E-state index is -0.237. The molecule has 0 radical (unpaired) electrons. The largest absolute Gasteiger partial charge is 0.316 e. The number of rotatable bonds is 3. The SMILES string of the molecule is CC1CCc2c(sc(NC(=O)Cc3nn(C)c(=O)c4ccccc34)c2C#N)C1. The highest BCUT2D eigenvalue weighted by atomic mass is 32.1. The fourth-order valence-electron chi connectivity index (χ4n) is 3.79. The maximum atomic E-state index is 12.7. The first-order chi connectivity index (χ1) is 13.5. The molecule has 0 fully saturated rings. The van der Waals surface area contributed by atoms with Gasteiger partial charge in [-0.05, 0) is 36.8 Å². The summed E-state index contributed by atoms with van der Waals surface area (Å²) in [6.45, 7) is 2.21. The Hall–Kier alpha value is -2.98. The van der Waals surface area contributed by atoms with E-state index in [1.54, 1.807) is 25.2 Å². The van der Waals surface area contributed by atoms with E-state index in [0.717, 1.165) is 24.8 Å². The topological polar surface area (TPSA) is 87.8 Å². The zero-order chi connectivity index (χ0) is 19.8. The predicted octanol–water partition coefficient (Wildman–Crippen LogP) is 3.17. The van der Waals surface area contributed by atoms with Crippen LogP contribution in [0.2, 0.25) is 0 Å². The number of aryl methyl sites for hydroxylation is 1. The molecule has 0 aliphatic heterocycles. The fraction of sp³-hybridized carbons (Fsp3) is 0.333. The van der Waals surface area contributed by atoms with Gasteiger partial charge in [0.25, 0.3) is 5.56 Å². The standard InChI is InChI=1S/C21H20N4O2S/c1-12-7-8-14-16(11-22)20(28-18(14)9-12)23-19(26)10-17-13-5-3-4-6-15(13)21(27)25(2)24-17/h3-6,12H,7-10H2,1-2H3,(H,23,26). The van der Waals surface area contributed by atoms with Gasteiger partial charge in [0, 0.05) is 17.3 Å². The molecule has 4 rings (SSSR count). The smallest absolute Gasteiger partial charge is 0.274 e. The number of carbonyl (C=O) groups is 1. The van der Waals surface area contributed by atoms with E-state index in [1.807, 2.05) is 6.07 Å². The Balaban J connectivity index is 1.63. The number of hydrogen-bond acceptors (Lipinski definition) is 5.